The Balaban J connectivity index is 2.95. The first-order valence-corrected chi connectivity index (χ1v) is 4.32. The molecule has 2 nitrogen and oxygen atoms in total. The van der Waals surface area contributed by atoms with Crippen molar-refractivity contribution in [3.63, 3.8) is 0 Å². The zero-order valence-corrected chi connectivity index (χ0v) is 8.39. The Kier molecular flexibility index (Phi) is 2.02. The molecule has 0 aliphatic heterocycles. The van der Waals surface area contributed by atoms with Crippen LogP contribution in [0.3, 0.4) is 0 Å². The second-order valence-electron chi connectivity index (χ2n) is 4.46. The van der Waals surface area contributed by atoms with Crippen LogP contribution >= 0.6 is 0 Å². The summed E-state index contributed by atoms with van der Waals surface area (Å²) in [5.74, 6) is -1.34. The van der Waals surface area contributed by atoms with Gasteiger partial charge in [0.15, 0.2) is 0 Å². The number of aliphatic carboxylic acids is 1. The Morgan fingerprint density at radius 1 is 1.46 bits per heavy atom. The highest BCUT2D eigenvalue weighted by Gasteiger charge is 2.71. The molecule has 13 heavy (non-hydrogen) atoms. The van der Waals surface area contributed by atoms with Gasteiger partial charge in [0.05, 0.1) is 11.2 Å². The van der Waals surface area contributed by atoms with Crippen LogP contribution in [0, 0.1) is 16.7 Å². The van der Waals surface area contributed by atoms with E-state index in [1.165, 1.54) is 13.0 Å². The molecule has 1 N–H and O–H groups in total. The standard InChI is InChI=1S/C10H15FO2/c1-6(11)5-7-9(2,3)10(7,4)8(12)13/h5,7H,1-4H3,(H,12,13)/t7?,10-/m0/s1. The summed E-state index contributed by atoms with van der Waals surface area (Å²) in [5, 5.41) is 8.98. The smallest absolute Gasteiger partial charge is 0.310 e. The van der Waals surface area contributed by atoms with E-state index in [2.05, 4.69) is 0 Å². The number of carboxylic acids is 1. The molecule has 1 aliphatic rings. The summed E-state index contributed by atoms with van der Waals surface area (Å²) in [5.41, 5.74) is -1.15. The first-order valence-electron chi connectivity index (χ1n) is 4.32. The Morgan fingerprint density at radius 3 is 2.15 bits per heavy atom. The van der Waals surface area contributed by atoms with Crippen LogP contribution in [0.15, 0.2) is 11.9 Å². The highest BCUT2D eigenvalue weighted by molar-refractivity contribution is 5.81. The van der Waals surface area contributed by atoms with Crippen LogP contribution in [0.1, 0.15) is 27.7 Å². The third kappa shape index (κ3) is 1.18. The number of rotatable bonds is 2. The summed E-state index contributed by atoms with van der Waals surface area (Å²) in [6, 6.07) is 0. The van der Waals surface area contributed by atoms with E-state index in [0.29, 0.717) is 0 Å². The number of halogens is 1. The SMILES string of the molecule is CC(F)=CC1C(C)(C)[C@]1(C)C(=O)O. The Labute approximate surface area is 77.4 Å². The lowest BCUT2D eigenvalue weighted by molar-refractivity contribution is -0.144. The largest absolute Gasteiger partial charge is 0.481 e. The van der Waals surface area contributed by atoms with Crippen LogP contribution in [0.4, 0.5) is 4.39 Å². The highest BCUT2D eigenvalue weighted by atomic mass is 19.1. The molecule has 74 valence electrons. The number of carbonyl (C=O) groups is 1. The average molecular weight is 186 g/mol. The van der Waals surface area contributed by atoms with Crippen LogP contribution in [0.5, 0.6) is 0 Å². The molecule has 0 heterocycles. The van der Waals surface area contributed by atoms with Crippen LogP contribution in [0.25, 0.3) is 0 Å². The fraction of sp³-hybridized carbons (Fsp3) is 0.700. The van der Waals surface area contributed by atoms with Crippen LogP contribution < -0.4 is 0 Å². The van der Waals surface area contributed by atoms with Crippen molar-refractivity contribution >= 4 is 5.97 Å². The van der Waals surface area contributed by atoms with E-state index in [1.54, 1.807) is 6.92 Å². The minimum Gasteiger partial charge on any atom is -0.481 e. The molecule has 1 fully saturated rings. The van der Waals surface area contributed by atoms with Gasteiger partial charge in [0.25, 0.3) is 0 Å². The minimum atomic E-state index is -0.847. The molecule has 0 aromatic carbocycles. The van der Waals surface area contributed by atoms with Gasteiger partial charge in [0.1, 0.15) is 0 Å². The summed E-state index contributed by atoms with van der Waals surface area (Å²) in [6.07, 6.45) is 1.41. The van der Waals surface area contributed by atoms with Gasteiger partial charge in [-0.15, -0.1) is 0 Å². The summed E-state index contributed by atoms with van der Waals surface area (Å²) in [4.78, 5) is 10.9. The van der Waals surface area contributed by atoms with E-state index < -0.39 is 11.4 Å². The van der Waals surface area contributed by atoms with Crippen molar-refractivity contribution in [3.8, 4) is 0 Å². The first kappa shape index (κ1) is 10.2. The molecule has 2 atom stereocenters. The van der Waals surface area contributed by atoms with Gasteiger partial charge < -0.3 is 5.11 Å². The number of carboxylic acid groups (broad SMARTS) is 1. The summed E-state index contributed by atoms with van der Waals surface area (Å²) < 4.78 is 12.6. The van der Waals surface area contributed by atoms with E-state index in [9.17, 15) is 9.18 Å². The zero-order chi connectivity index (χ0) is 10.4. The molecule has 3 heteroatoms. The van der Waals surface area contributed by atoms with Crippen LogP contribution in [-0.4, -0.2) is 11.1 Å². The van der Waals surface area contributed by atoms with Gasteiger partial charge in [-0.2, -0.15) is 0 Å². The Hall–Kier alpha value is -0.860. The van der Waals surface area contributed by atoms with Gasteiger partial charge in [0.2, 0.25) is 0 Å². The van der Waals surface area contributed by atoms with Gasteiger partial charge in [-0.3, -0.25) is 4.79 Å². The molecular formula is C10H15FO2. The quantitative estimate of drug-likeness (QED) is 0.719. The molecule has 0 aromatic heterocycles. The number of hydrogen-bond donors (Lipinski definition) is 1. The fourth-order valence-corrected chi connectivity index (χ4v) is 2.04. The molecule has 0 aromatic rings. The highest BCUT2D eigenvalue weighted by Crippen LogP contribution is 2.69. The topological polar surface area (TPSA) is 37.3 Å². The molecule has 1 unspecified atom stereocenters. The third-order valence-electron chi connectivity index (χ3n) is 3.50. The molecule has 0 saturated heterocycles. The average Bonchev–Trinajstić information content (AvgIpc) is 2.35. The molecule has 0 amide bonds. The van der Waals surface area contributed by atoms with Crippen LogP contribution in [-0.2, 0) is 4.79 Å². The molecular weight excluding hydrogens is 171 g/mol. The normalized spacial score (nSPS) is 37.3. The van der Waals surface area contributed by atoms with Gasteiger partial charge in [-0.05, 0) is 25.3 Å². The second-order valence-corrected chi connectivity index (χ2v) is 4.46. The Morgan fingerprint density at radius 2 is 1.92 bits per heavy atom. The monoisotopic (exact) mass is 186 g/mol. The van der Waals surface area contributed by atoms with Gasteiger partial charge >= 0.3 is 5.97 Å². The van der Waals surface area contributed by atoms with E-state index in [1.807, 2.05) is 13.8 Å². The summed E-state index contributed by atoms with van der Waals surface area (Å²) in [7, 11) is 0. The van der Waals surface area contributed by atoms with Crippen LogP contribution in [0.2, 0.25) is 0 Å². The summed E-state index contributed by atoms with van der Waals surface area (Å²) >= 11 is 0. The van der Waals surface area contributed by atoms with Crippen molar-refractivity contribution in [2.45, 2.75) is 27.7 Å². The lowest BCUT2D eigenvalue weighted by atomic mass is 9.99. The molecule has 1 saturated carbocycles. The number of allylic oxidation sites excluding steroid dienone is 2. The van der Waals surface area contributed by atoms with Crippen molar-refractivity contribution < 1.29 is 14.3 Å². The first-order chi connectivity index (χ1) is 5.74. The van der Waals surface area contributed by atoms with Crippen molar-refractivity contribution in [2.24, 2.45) is 16.7 Å². The van der Waals surface area contributed by atoms with Crippen molar-refractivity contribution in [3.05, 3.63) is 11.9 Å². The fourth-order valence-electron chi connectivity index (χ4n) is 2.04. The number of hydrogen-bond acceptors (Lipinski definition) is 1. The van der Waals surface area contributed by atoms with Crippen molar-refractivity contribution in [1.82, 2.24) is 0 Å². The maximum atomic E-state index is 12.6. The molecule has 1 aliphatic carbocycles. The molecule has 1 rings (SSSR count). The van der Waals surface area contributed by atoms with E-state index in [4.69, 9.17) is 5.11 Å². The summed E-state index contributed by atoms with van der Waals surface area (Å²) in [6.45, 7) is 6.71. The van der Waals surface area contributed by atoms with Crippen molar-refractivity contribution in [1.29, 1.82) is 0 Å². The van der Waals surface area contributed by atoms with E-state index in [-0.39, 0.29) is 17.2 Å². The molecule has 0 bridgehead atoms. The molecule has 0 radical (unpaired) electrons. The van der Waals surface area contributed by atoms with Gasteiger partial charge in [0, 0.05) is 5.92 Å². The lowest BCUT2D eigenvalue weighted by Gasteiger charge is -2.06. The zero-order valence-electron chi connectivity index (χ0n) is 8.39. The van der Waals surface area contributed by atoms with Gasteiger partial charge in [-0.25, -0.2) is 4.39 Å². The maximum Gasteiger partial charge on any atom is 0.310 e. The van der Waals surface area contributed by atoms with Crippen molar-refractivity contribution in [2.75, 3.05) is 0 Å². The predicted molar refractivity (Wildman–Crippen MR) is 47.9 cm³/mol. The van der Waals surface area contributed by atoms with E-state index in [0.717, 1.165) is 0 Å². The lowest BCUT2D eigenvalue weighted by Crippen LogP contribution is -2.16. The Bertz CT molecular complexity index is 277. The maximum absolute atomic E-state index is 12.6. The molecule has 0 spiro atoms. The van der Waals surface area contributed by atoms with Gasteiger partial charge in [-0.1, -0.05) is 13.8 Å². The third-order valence-corrected chi connectivity index (χ3v) is 3.50. The minimum absolute atomic E-state index is 0.192. The second kappa shape index (κ2) is 2.56. The predicted octanol–water partition coefficient (Wildman–Crippen LogP) is 2.61. The van der Waals surface area contributed by atoms with E-state index >= 15 is 0 Å².